The molecule has 7 heteroatoms. The van der Waals surface area contributed by atoms with Crippen molar-refractivity contribution in [3.63, 3.8) is 0 Å². The van der Waals surface area contributed by atoms with Gasteiger partial charge < -0.3 is 19.8 Å². The van der Waals surface area contributed by atoms with Gasteiger partial charge in [0.1, 0.15) is 10.8 Å². The average molecular weight is 462 g/mol. The van der Waals surface area contributed by atoms with E-state index in [9.17, 15) is 4.79 Å². The van der Waals surface area contributed by atoms with Gasteiger partial charge in [-0.2, -0.15) is 0 Å². The van der Waals surface area contributed by atoms with E-state index in [1.807, 2.05) is 42.5 Å². The lowest BCUT2D eigenvalue weighted by atomic mass is 9.95. The summed E-state index contributed by atoms with van der Waals surface area (Å²) in [7, 11) is 3.24. The molecule has 170 valence electrons. The van der Waals surface area contributed by atoms with E-state index in [4.69, 9.17) is 14.5 Å². The van der Waals surface area contributed by atoms with E-state index in [1.165, 1.54) is 23.3 Å². The minimum Gasteiger partial charge on any atom is -0.493 e. The van der Waals surface area contributed by atoms with Gasteiger partial charge >= 0.3 is 0 Å². The molecule has 1 amide bonds. The molecule has 0 radical (unpaired) electrons. The zero-order valence-electron chi connectivity index (χ0n) is 18.9. The third kappa shape index (κ3) is 4.20. The summed E-state index contributed by atoms with van der Waals surface area (Å²) in [6.45, 7) is 0. The first-order chi connectivity index (χ1) is 16.2. The van der Waals surface area contributed by atoms with Crippen molar-refractivity contribution in [1.82, 2.24) is 9.97 Å². The first-order valence-electron chi connectivity index (χ1n) is 11.3. The van der Waals surface area contributed by atoms with Crippen molar-refractivity contribution in [3.05, 3.63) is 58.5 Å². The van der Waals surface area contributed by atoms with Gasteiger partial charge in [0.2, 0.25) is 5.91 Å². The second kappa shape index (κ2) is 9.27. The number of carbonyl (C=O) groups excluding carboxylic acids is 1. The van der Waals surface area contributed by atoms with Crippen LogP contribution in [-0.4, -0.2) is 30.1 Å². The number of nitrogens with zero attached hydrogens (tertiary/aromatic N) is 1. The smallest absolute Gasteiger partial charge is 0.225 e. The van der Waals surface area contributed by atoms with E-state index in [2.05, 4.69) is 10.3 Å². The SMILES string of the molecule is COc1cccc(CCC(=O)Nc2sc3c(c2-c2nc4ccccc4[nH]2)CCCC3)c1OC. The van der Waals surface area contributed by atoms with Crippen LogP contribution in [0.4, 0.5) is 5.00 Å². The van der Waals surface area contributed by atoms with Crippen LogP contribution in [0.3, 0.4) is 0 Å². The van der Waals surface area contributed by atoms with Crippen LogP contribution in [-0.2, 0) is 24.1 Å². The number of anilines is 1. The summed E-state index contributed by atoms with van der Waals surface area (Å²) in [5.74, 6) is 2.17. The largest absolute Gasteiger partial charge is 0.493 e. The number of ether oxygens (including phenoxy) is 2. The summed E-state index contributed by atoms with van der Waals surface area (Å²) < 4.78 is 10.9. The normalized spacial score (nSPS) is 13.0. The van der Waals surface area contributed by atoms with Crippen LogP contribution in [0.5, 0.6) is 11.5 Å². The Balaban J connectivity index is 1.41. The van der Waals surface area contributed by atoms with E-state index in [-0.39, 0.29) is 5.91 Å². The highest BCUT2D eigenvalue weighted by molar-refractivity contribution is 7.17. The fraction of sp³-hybridized carbons (Fsp3) is 0.308. The third-order valence-corrected chi connectivity index (χ3v) is 7.36. The zero-order valence-corrected chi connectivity index (χ0v) is 19.7. The number of para-hydroxylation sites is 3. The maximum absolute atomic E-state index is 13.0. The summed E-state index contributed by atoms with van der Waals surface area (Å²) in [6.07, 6.45) is 5.36. The van der Waals surface area contributed by atoms with E-state index >= 15 is 0 Å². The summed E-state index contributed by atoms with van der Waals surface area (Å²) in [4.78, 5) is 22.7. The molecule has 2 aromatic heterocycles. The lowest BCUT2D eigenvalue weighted by molar-refractivity contribution is -0.116. The molecule has 0 aliphatic heterocycles. The summed E-state index contributed by atoms with van der Waals surface area (Å²) >= 11 is 1.69. The van der Waals surface area contributed by atoms with Gasteiger partial charge in [-0.15, -0.1) is 11.3 Å². The molecule has 5 rings (SSSR count). The highest BCUT2D eigenvalue weighted by Crippen LogP contribution is 2.44. The Morgan fingerprint density at radius 1 is 1.09 bits per heavy atom. The molecular formula is C26H27N3O3S. The Morgan fingerprint density at radius 3 is 2.76 bits per heavy atom. The van der Waals surface area contributed by atoms with E-state index in [0.717, 1.165) is 45.8 Å². The van der Waals surface area contributed by atoms with Gasteiger partial charge in [0.25, 0.3) is 0 Å². The molecule has 2 aromatic carbocycles. The Bertz CT molecular complexity index is 1270. The molecule has 0 fully saturated rings. The molecule has 2 heterocycles. The molecule has 33 heavy (non-hydrogen) atoms. The maximum Gasteiger partial charge on any atom is 0.225 e. The zero-order chi connectivity index (χ0) is 22.8. The quantitative estimate of drug-likeness (QED) is 0.367. The molecular weight excluding hydrogens is 434 g/mol. The Hall–Kier alpha value is -3.32. The lowest BCUT2D eigenvalue weighted by Gasteiger charge is -2.13. The molecule has 0 saturated carbocycles. The number of rotatable bonds is 7. The Labute approximate surface area is 197 Å². The van der Waals surface area contributed by atoms with Crippen LogP contribution in [0.1, 0.15) is 35.3 Å². The number of fused-ring (bicyclic) bond motifs is 2. The number of benzene rings is 2. The van der Waals surface area contributed by atoms with E-state index in [1.54, 1.807) is 25.6 Å². The molecule has 6 nitrogen and oxygen atoms in total. The topological polar surface area (TPSA) is 76.2 Å². The summed E-state index contributed by atoms with van der Waals surface area (Å²) in [5, 5.41) is 4.09. The third-order valence-electron chi connectivity index (χ3n) is 6.16. The minimum absolute atomic E-state index is 0.0177. The van der Waals surface area contributed by atoms with Crippen LogP contribution in [0.25, 0.3) is 22.4 Å². The molecule has 1 aliphatic rings. The predicted octanol–water partition coefficient (Wildman–Crippen LogP) is 5.76. The van der Waals surface area contributed by atoms with Gasteiger partial charge in [0, 0.05) is 11.3 Å². The molecule has 0 unspecified atom stereocenters. The highest BCUT2D eigenvalue weighted by Gasteiger charge is 2.25. The average Bonchev–Trinajstić information content (AvgIpc) is 3.42. The number of aromatic nitrogens is 2. The number of aromatic amines is 1. The maximum atomic E-state index is 13.0. The second-order valence-electron chi connectivity index (χ2n) is 8.22. The van der Waals surface area contributed by atoms with Gasteiger partial charge in [-0.3, -0.25) is 4.79 Å². The fourth-order valence-electron chi connectivity index (χ4n) is 4.56. The van der Waals surface area contributed by atoms with Crippen LogP contribution < -0.4 is 14.8 Å². The monoisotopic (exact) mass is 461 g/mol. The van der Waals surface area contributed by atoms with Crippen LogP contribution in [0.15, 0.2) is 42.5 Å². The standard InChI is InChI=1S/C26H27N3O3S/c1-31-20-12-7-8-16(24(20)32-2)14-15-22(30)29-26-23(17-9-3-6-13-21(17)33-26)25-27-18-10-4-5-11-19(18)28-25/h4-5,7-8,10-12H,3,6,9,13-15H2,1-2H3,(H,27,28)(H,29,30). The predicted molar refractivity (Wildman–Crippen MR) is 133 cm³/mol. The first kappa shape index (κ1) is 21.5. The van der Waals surface area contributed by atoms with Crippen molar-refractivity contribution in [3.8, 4) is 22.9 Å². The molecule has 0 atom stereocenters. The number of methoxy groups -OCH3 is 2. The molecule has 0 bridgehead atoms. The fourth-order valence-corrected chi connectivity index (χ4v) is 5.87. The van der Waals surface area contributed by atoms with E-state index in [0.29, 0.717) is 24.3 Å². The summed E-state index contributed by atoms with van der Waals surface area (Å²) in [6, 6.07) is 13.8. The van der Waals surface area contributed by atoms with Crippen molar-refractivity contribution in [1.29, 1.82) is 0 Å². The number of imidazole rings is 1. The number of amides is 1. The van der Waals surface area contributed by atoms with Crippen molar-refractivity contribution in [2.75, 3.05) is 19.5 Å². The second-order valence-corrected chi connectivity index (χ2v) is 9.32. The summed E-state index contributed by atoms with van der Waals surface area (Å²) in [5.41, 5.74) is 5.28. The Morgan fingerprint density at radius 2 is 1.94 bits per heavy atom. The van der Waals surface area contributed by atoms with Crippen LogP contribution in [0.2, 0.25) is 0 Å². The van der Waals surface area contributed by atoms with Crippen molar-refractivity contribution in [2.45, 2.75) is 38.5 Å². The van der Waals surface area contributed by atoms with Crippen molar-refractivity contribution < 1.29 is 14.3 Å². The number of nitrogens with one attached hydrogen (secondary N) is 2. The molecule has 0 spiro atoms. The van der Waals surface area contributed by atoms with Crippen molar-refractivity contribution >= 4 is 33.3 Å². The number of thiophene rings is 1. The van der Waals surface area contributed by atoms with Gasteiger partial charge in [0.05, 0.1) is 30.8 Å². The van der Waals surface area contributed by atoms with Crippen molar-refractivity contribution in [2.24, 2.45) is 0 Å². The number of hydrogen-bond donors (Lipinski definition) is 2. The van der Waals surface area contributed by atoms with Gasteiger partial charge in [-0.25, -0.2) is 4.98 Å². The number of carbonyl (C=O) groups is 1. The van der Waals surface area contributed by atoms with Gasteiger partial charge in [-0.1, -0.05) is 24.3 Å². The van der Waals surface area contributed by atoms with Gasteiger partial charge in [-0.05, 0) is 61.4 Å². The molecule has 1 aliphatic carbocycles. The van der Waals surface area contributed by atoms with Gasteiger partial charge in [0.15, 0.2) is 11.5 Å². The molecule has 0 saturated heterocycles. The lowest BCUT2D eigenvalue weighted by Crippen LogP contribution is -2.12. The van der Waals surface area contributed by atoms with E-state index < -0.39 is 0 Å². The number of H-pyrrole nitrogens is 1. The first-order valence-corrected chi connectivity index (χ1v) is 12.1. The van der Waals surface area contributed by atoms with Crippen LogP contribution in [0, 0.1) is 0 Å². The molecule has 2 N–H and O–H groups in total. The highest BCUT2D eigenvalue weighted by atomic mass is 32.1. The van der Waals surface area contributed by atoms with Crippen LogP contribution >= 0.6 is 11.3 Å². The minimum atomic E-state index is -0.0177. The number of hydrogen-bond acceptors (Lipinski definition) is 5. The Kier molecular flexibility index (Phi) is 6.05. The number of aryl methyl sites for hydroxylation is 2. The molecule has 4 aromatic rings.